The number of morpholine rings is 1. The highest BCUT2D eigenvalue weighted by Gasteiger charge is 2.28. The van der Waals surface area contributed by atoms with Gasteiger partial charge in [-0.25, -0.2) is 0 Å². The Kier molecular flexibility index (Phi) is 12.1. The summed E-state index contributed by atoms with van der Waals surface area (Å²) in [6, 6.07) is 0. The normalized spacial score (nSPS) is 16.2. The molecule has 1 aliphatic rings. The summed E-state index contributed by atoms with van der Waals surface area (Å²) in [7, 11) is 0. The van der Waals surface area contributed by atoms with Gasteiger partial charge in [0.15, 0.2) is 5.96 Å². The molecule has 0 saturated carbocycles. The molecule has 0 aliphatic carbocycles. The number of carbonyl (C=O) groups is 1. The molecule has 0 aromatic carbocycles. The van der Waals surface area contributed by atoms with Gasteiger partial charge in [-0.05, 0) is 40.5 Å². The van der Waals surface area contributed by atoms with E-state index in [9.17, 15) is 4.79 Å². The second-order valence-electron chi connectivity index (χ2n) is 7.50. The first-order valence-corrected chi connectivity index (χ1v) is 10.5. The van der Waals surface area contributed by atoms with Crippen LogP contribution in [0, 0.1) is 0 Å². The van der Waals surface area contributed by atoms with E-state index in [1.807, 2.05) is 6.92 Å². The number of rotatable bonds is 12. The lowest BCUT2D eigenvalue weighted by molar-refractivity contribution is -0.143. The number of guanidine groups is 1. The van der Waals surface area contributed by atoms with Crippen LogP contribution in [-0.2, 0) is 14.3 Å². The highest BCUT2D eigenvalue weighted by Crippen LogP contribution is 2.16. The maximum atomic E-state index is 11.3. The van der Waals surface area contributed by atoms with Crippen molar-refractivity contribution in [2.45, 2.75) is 65.3 Å². The Balaban J connectivity index is 2.25. The van der Waals surface area contributed by atoms with Crippen LogP contribution in [0.1, 0.15) is 59.8 Å². The highest BCUT2D eigenvalue weighted by atomic mass is 16.5. The summed E-state index contributed by atoms with van der Waals surface area (Å²) < 4.78 is 10.4. The molecule has 0 amide bonds. The van der Waals surface area contributed by atoms with E-state index in [4.69, 9.17) is 14.5 Å². The van der Waals surface area contributed by atoms with Gasteiger partial charge < -0.3 is 20.1 Å². The molecule has 1 heterocycles. The van der Waals surface area contributed by atoms with E-state index < -0.39 is 0 Å². The van der Waals surface area contributed by atoms with Crippen molar-refractivity contribution in [1.29, 1.82) is 0 Å². The lowest BCUT2D eigenvalue weighted by Crippen LogP contribution is -2.52. The van der Waals surface area contributed by atoms with Crippen LogP contribution in [0.3, 0.4) is 0 Å². The van der Waals surface area contributed by atoms with Crippen LogP contribution in [0.2, 0.25) is 0 Å². The summed E-state index contributed by atoms with van der Waals surface area (Å²) in [4.78, 5) is 18.5. The van der Waals surface area contributed by atoms with E-state index >= 15 is 0 Å². The quantitative estimate of drug-likeness (QED) is 0.232. The Hall–Kier alpha value is -1.34. The molecule has 1 fully saturated rings. The number of unbranched alkanes of at least 4 members (excludes halogenated alkanes) is 3. The molecule has 1 saturated heterocycles. The maximum Gasteiger partial charge on any atom is 0.305 e. The Bertz CT molecular complexity index is 435. The van der Waals surface area contributed by atoms with Crippen molar-refractivity contribution in [3.63, 3.8) is 0 Å². The van der Waals surface area contributed by atoms with Crippen LogP contribution in [0.15, 0.2) is 4.99 Å². The predicted octanol–water partition coefficient (Wildman–Crippen LogP) is 2.17. The van der Waals surface area contributed by atoms with Crippen LogP contribution in [-0.4, -0.2) is 74.9 Å². The van der Waals surface area contributed by atoms with Gasteiger partial charge in [0.1, 0.15) is 0 Å². The molecule has 2 N–H and O–H groups in total. The zero-order valence-corrected chi connectivity index (χ0v) is 17.8. The molecule has 0 bridgehead atoms. The summed E-state index contributed by atoms with van der Waals surface area (Å²) in [6.45, 7) is 14.9. The van der Waals surface area contributed by atoms with Crippen molar-refractivity contribution in [2.75, 3.05) is 52.5 Å². The summed E-state index contributed by atoms with van der Waals surface area (Å²) in [5.41, 5.74) is 0.0270. The van der Waals surface area contributed by atoms with Gasteiger partial charge in [0.05, 0.1) is 26.4 Å². The number of nitrogens with zero attached hydrogens (tertiary/aromatic N) is 2. The highest BCUT2D eigenvalue weighted by molar-refractivity contribution is 5.79. The van der Waals surface area contributed by atoms with Crippen molar-refractivity contribution in [1.82, 2.24) is 15.5 Å². The van der Waals surface area contributed by atoms with Crippen molar-refractivity contribution < 1.29 is 14.3 Å². The molecule has 0 atom stereocenters. The van der Waals surface area contributed by atoms with Gasteiger partial charge in [-0.3, -0.25) is 14.7 Å². The fourth-order valence-electron chi connectivity index (χ4n) is 3.07. The number of nitrogens with one attached hydrogen (secondary N) is 2. The zero-order chi connectivity index (χ0) is 20.0. The lowest BCUT2D eigenvalue weighted by atomic mass is 10.0. The van der Waals surface area contributed by atoms with E-state index in [-0.39, 0.29) is 11.5 Å². The Morgan fingerprint density at radius 3 is 2.48 bits per heavy atom. The molecule has 0 unspecified atom stereocenters. The van der Waals surface area contributed by atoms with Gasteiger partial charge in [0.25, 0.3) is 0 Å². The van der Waals surface area contributed by atoms with Crippen molar-refractivity contribution >= 4 is 11.9 Å². The molecule has 0 spiro atoms. The van der Waals surface area contributed by atoms with Crippen LogP contribution in [0.5, 0.6) is 0 Å². The van der Waals surface area contributed by atoms with Crippen molar-refractivity contribution in [3.8, 4) is 0 Å². The molecule has 1 aliphatic heterocycles. The number of hydrogen-bond donors (Lipinski definition) is 2. The smallest absolute Gasteiger partial charge is 0.305 e. The largest absolute Gasteiger partial charge is 0.466 e. The van der Waals surface area contributed by atoms with Gasteiger partial charge in [-0.2, -0.15) is 0 Å². The fraction of sp³-hybridized carbons (Fsp3) is 0.900. The minimum absolute atomic E-state index is 0.0270. The molecule has 27 heavy (non-hydrogen) atoms. The molecule has 158 valence electrons. The van der Waals surface area contributed by atoms with Gasteiger partial charge in [0.2, 0.25) is 0 Å². The second kappa shape index (κ2) is 13.8. The first kappa shape index (κ1) is 23.7. The van der Waals surface area contributed by atoms with Gasteiger partial charge in [-0.15, -0.1) is 0 Å². The average molecular weight is 385 g/mol. The van der Waals surface area contributed by atoms with E-state index in [0.717, 1.165) is 77.6 Å². The number of hydrogen-bond acceptors (Lipinski definition) is 5. The first-order chi connectivity index (χ1) is 13.0. The molecule has 7 nitrogen and oxygen atoms in total. The standard InChI is InChI=1S/C20H40N4O3/c1-5-21-19(22-12-10-8-7-9-11-18(25)27-6-2)23-17-20(3,4)24-13-15-26-16-14-24/h5-17H2,1-4H3,(H2,21,22,23). The zero-order valence-electron chi connectivity index (χ0n) is 17.8. The summed E-state index contributed by atoms with van der Waals surface area (Å²) in [5, 5.41) is 6.74. The van der Waals surface area contributed by atoms with Crippen molar-refractivity contribution in [2.24, 2.45) is 4.99 Å². The third-order valence-electron chi connectivity index (χ3n) is 4.74. The fourth-order valence-corrected chi connectivity index (χ4v) is 3.07. The molecule has 7 heteroatoms. The molecule has 1 rings (SSSR count). The minimum atomic E-state index is -0.0833. The van der Waals surface area contributed by atoms with E-state index in [2.05, 4.69) is 36.3 Å². The van der Waals surface area contributed by atoms with Gasteiger partial charge in [0, 0.05) is 38.1 Å². The number of aliphatic imine (C=N–C) groups is 1. The van der Waals surface area contributed by atoms with Gasteiger partial charge in [-0.1, -0.05) is 12.8 Å². The maximum absolute atomic E-state index is 11.3. The third-order valence-corrected chi connectivity index (χ3v) is 4.74. The SMILES string of the molecule is CCNC(=NCC(C)(C)N1CCOCC1)NCCCCCCC(=O)OCC. The van der Waals surface area contributed by atoms with Crippen LogP contribution < -0.4 is 10.6 Å². The molecule has 0 aromatic rings. The second-order valence-corrected chi connectivity index (χ2v) is 7.50. The molecular weight excluding hydrogens is 344 g/mol. The Labute approximate surface area is 165 Å². The summed E-state index contributed by atoms with van der Waals surface area (Å²) >= 11 is 0. The number of ether oxygens (including phenoxy) is 2. The van der Waals surface area contributed by atoms with Crippen LogP contribution in [0.4, 0.5) is 0 Å². The van der Waals surface area contributed by atoms with E-state index in [1.165, 1.54) is 0 Å². The lowest BCUT2D eigenvalue weighted by Gasteiger charge is -2.39. The Morgan fingerprint density at radius 2 is 1.81 bits per heavy atom. The van der Waals surface area contributed by atoms with E-state index in [1.54, 1.807) is 0 Å². The monoisotopic (exact) mass is 384 g/mol. The van der Waals surface area contributed by atoms with Gasteiger partial charge >= 0.3 is 5.97 Å². The summed E-state index contributed by atoms with van der Waals surface area (Å²) in [6.07, 6.45) is 4.66. The Morgan fingerprint density at radius 1 is 1.11 bits per heavy atom. The molecule has 0 aromatic heterocycles. The van der Waals surface area contributed by atoms with Crippen LogP contribution in [0.25, 0.3) is 0 Å². The minimum Gasteiger partial charge on any atom is -0.466 e. The van der Waals surface area contributed by atoms with E-state index in [0.29, 0.717) is 13.0 Å². The third kappa shape index (κ3) is 10.5. The summed E-state index contributed by atoms with van der Waals surface area (Å²) in [5.74, 6) is 0.797. The first-order valence-electron chi connectivity index (χ1n) is 10.5. The topological polar surface area (TPSA) is 75.2 Å². The van der Waals surface area contributed by atoms with Crippen molar-refractivity contribution in [3.05, 3.63) is 0 Å². The number of carbonyl (C=O) groups excluding carboxylic acids is 1. The average Bonchev–Trinajstić information content (AvgIpc) is 2.66. The number of esters is 1. The van der Waals surface area contributed by atoms with Crippen LogP contribution >= 0.6 is 0 Å². The molecular formula is C20H40N4O3. The predicted molar refractivity (Wildman–Crippen MR) is 110 cm³/mol. The molecule has 0 radical (unpaired) electrons.